The van der Waals surface area contributed by atoms with Crippen LogP contribution >= 0.6 is 0 Å². The standard InChI is InChI=1S/C13H21N3O2/c1-4-6-9(5-2)16-12-11(14)10(7-8-15-12)13(17)18-3/h7-9H,4-6,14H2,1-3H3,(H,15,16). The molecule has 1 aromatic heterocycles. The van der Waals surface area contributed by atoms with E-state index in [1.54, 1.807) is 12.3 Å². The van der Waals surface area contributed by atoms with Crippen molar-refractivity contribution >= 4 is 17.5 Å². The molecule has 0 bridgehead atoms. The second-order valence-electron chi connectivity index (χ2n) is 4.15. The zero-order valence-electron chi connectivity index (χ0n) is 11.2. The number of ether oxygens (including phenoxy) is 1. The van der Waals surface area contributed by atoms with Gasteiger partial charge in [-0.2, -0.15) is 0 Å². The van der Waals surface area contributed by atoms with E-state index in [1.807, 2.05) is 0 Å². The molecule has 3 N–H and O–H groups in total. The van der Waals surface area contributed by atoms with Crippen LogP contribution < -0.4 is 11.1 Å². The molecule has 5 heteroatoms. The summed E-state index contributed by atoms with van der Waals surface area (Å²) in [7, 11) is 1.33. The number of rotatable bonds is 6. The van der Waals surface area contributed by atoms with Crippen molar-refractivity contribution in [3.63, 3.8) is 0 Å². The van der Waals surface area contributed by atoms with Gasteiger partial charge in [0.25, 0.3) is 0 Å². The molecule has 1 atom stereocenters. The van der Waals surface area contributed by atoms with Crippen molar-refractivity contribution in [3.8, 4) is 0 Å². The lowest BCUT2D eigenvalue weighted by Gasteiger charge is -2.18. The predicted molar refractivity (Wildman–Crippen MR) is 72.6 cm³/mol. The molecule has 1 aromatic rings. The number of nitrogens with one attached hydrogen (secondary N) is 1. The van der Waals surface area contributed by atoms with Gasteiger partial charge in [0.15, 0.2) is 0 Å². The first-order chi connectivity index (χ1) is 8.63. The second kappa shape index (κ2) is 6.83. The fourth-order valence-electron chi connectivity index (χ4n) is 1.80. The number of anilines is 2. The van der Waals surface area contributed by atoms with Crippen LogP contribution in [-0.2, 0) is 4.74 Å². The van der Waals surface area contributed by atoms with Crippen LogP contribution in [0.1, 0.15) is 43.5 Å². The molecule has 0 radical (unpaired) electrons. The Morgan fingerprint density at radius 1 is 1.56 bits per heavy atom. The Bertz CT molecular complexity index is 407. The zero-order chi connectivity index (χ0) is 13.5. The van der Waals surface area contributed by atoms with Gasteiger partial charge in [-0.05, 0) is 18.9 Å². The lowest BCUT2D eigenvalue weighted by atomic mass is 10.1. The molecule has 1 rings (SSSR count). The number of aromatic nitrogens is 1. The van der Waals surface area contributed by atoms with Crippen LogP contribution in [0.5, 0.6) is 0 Å². The molecule has 0 saturated carbocycles. The number of nitrogens with two attached hydrogens (primary N) is 1. The highest BCUT2D eigenvalue weighted by molar-refractivity contribution is 5.97. The average molecular weight is 251 g/mol. The van der Waals surface area contributed by atoms with Crippen molar-refractivity contribution in [1.82, 2.24) is 4.98 Å². The van der Waals surface area contributed by atoms with Crippen molar-refractivity contribution in [2.45, 2.75) is 39.2 Å². The highest BCUT2D eigenvalue weighted by Crippen LogP contribution is 2.22. The normalized spacial score (nSPS) is 11.9. The number of pyridine rings is 1. The Kier molecular flexibility index (Phi) is 5.42. The third-order valence-corrected chi connectivity index (χ3v) is 2.87. The van der Waals surface area contributed by atoms with E-state index in [0.29, 0.717) is 23.1 Å². The Labute approximate surface area is 108 Å². The van der Waals surface area contributed by atoms with Gasteiger partial charge in [-0.1, -0.05) is 20.3 Å². The minimum Gasteiger partial charge on any atom is -0.465 e. The number of methoxy groups -OCH3 is 1. The maximum absolute atomic E-state index is 11.5. The van der Waals surface area contributed by atoms with Crippen LogP contribution in [0.25, 0.3) is 0 Å². The van der Waals surface area contributed by atoms with Gasteiger partial charge in [-0.15, -0.1) is 0 Å². The van der Waals surface area contributed by atoms with Crippen molar-refractivity contribution in [1.29, 1.82) is 0 Å². The first kappa shape index (κ1) is 14.3. The smallest absolute Gasteiger partial charge is 0.340 e. The van der Waals surface area contributed by atoms with E-state index < -0.39 is 5.97 Å². The van der Waals surface area contributed by atoms with Gasteiger partial charge >= 0.3 is 5.97 Å². The molecule has 1 unspecified atom stereocenters. The molecular formula is C13H21N3O2. The van der Waals surface area contributed by atoms with Crippen LogP contribution in [0.15, 0.2) is 12.3 Å². The monoisotopic (exact) mass is 251 g/mol. The highest BCUT2D eigenvalue weighted by atomic mass is 16.5. The van der Waals surface area contributed by atoms with E-state index in [0.717, 1.165) is 19.3 Å². The molecule has 0 spiro atoms. The fraction of sp³-hybridized carbons (Fsp3) is 0.538. The summed E-state index contributed by atoms with van der Waals surface area (Å²) in [4.78, 5) is 15.7. The first-order valence-electron chi connectivity index (χ1n) is 6.23. The van der Waals surface area contributed by atoms with E-state index in [1.165, 1.54) is 7.11 Å². The summed E-state index contributed by atoms with van der Waals surface area (Å²) in [5.74, 6) is 0.111. The van der Waals surface area contributed by atoms with Crippen LogP contribution in [0.4, 0.5) is 11.5 Å². The van der Waals surface area contributed by atoms with Crippen LogP contribution in [-0.4, -0.2) is 24.1 Å². The maximum Gasteiger partial charge on any atom is 0.340 e. The van der Waals surface area contributed by atoms with E-state index in [2.05, 4.69) is 28.9 Å². The summed E-state index contributed by atoms with van der Waals surface area (Å²) in [5.41, 5.74) is 6.63. The SMILES string of the molecule is CCCC(CC)Nc1nccc(C(=O)OC)c1N. The summed E-state index contributed by atoms with van der Waals surface area (Å²) in [6, 6.07) is 1.88. The lowest BCUT2D eigenvalue weighted by molar-refractivity contribution is 0.0602. The minimum absolute atomic E-state index is 0.317. The number of esters is 1. The topological polar surface area (TPSA) is 77.2 Å². The molecule has 0 amide bonds. The Morgan fingerprint density at radius 2 is 2.28 bits per heavy atom. The number of nitrogen functional groups attached to an aromatic ring is 1. The quantitative estimate of drug-likeness (QED) is 0.759. The van der Waals surface area contributed by atoms with Gasteiger partial charge in [0.05, 0.1) is 18.4 Å². The first-order valence-corrected chi connectivity index (χ1v) is 6.23. The molecule has 5 nitrogen and oxygen atoms in total. The Balaban J connectivity index is 2.92. The van der Waals surface area contributed by atoms with E-state index in [-0.39, 0.29) is 0 Å². The molecule has 1 heterocycles. The van der Waals surface area contributed by atoms with Gasteiger partial charge in [-0.3, -0.25) is 0 Å². The van der Waals surface area contributed by atoms with Gasteiger partial charge in [0.1, 0.15) is 5.82 Å². The minimum atomic E-state index is -0.443. The zero-order valence-corrected chi connectivity index (χ0v) is 11.2. The molecule has 0 aromatic carbocycles. The van der Waals surface area contributed by atoms with Crippen LogP contribution in [0.3, 0.4) is 0 Å². The second-order valence-corrected chi connectivity index (χ2v) is 4.15. The summed E-state index contributed by atoms with van der Waals surface area (Å²) < 4.78 is 4.68. The van der Waals surface area contributed by atoms with E-state index in [9.17, 15) is 4.79 Å². The largest absolute Gasteiger partial charge is 0.465 e. The molecule has 0 aliphatic heterocycles. The predicted octanol–water partition coefficient (Wildman–Crippen LogP) is 2.44. The fourth-order valence-corrected chi connectivity index (χ4v) is 1.80. The highest BCUT2D eigenvalue weighted by Gasteiger charge is 2.15. The molecule has 0 saturated heterocycles. The Morgan fingerprint density at radius 3 is 2.83 bits per heavy atom. The third-order valence-electron chi connectivity index (χ3n) is 2.87. The molecule has 0 aliphatic rings. The molecule has 18 heavy (non-hydrogen) atoms. The summed E-state index contributed by atoms with van der Waals surface area (Å²) in [6.07, 6.45) is 4.67. The lowest BCUT2D eigenvalue weighted by Crippen LogP contribution is -2.20. The summed E-state index contributed by atoms with van der Waals surface area (Å²) in [6.45, 7) is 4.24. The van der Waals surface area contributed by atoms with Crippen molar-refractivity contribution in [2.75, 3.05) is 18.2 Å². The summed E-state index contributed by atoms with van der Waals surface area (Å²) in [5, 5.41) is 3.27. The van der Waals surface area contributed by atoms with Gasteiger partial charge in [0.2, 0.25) is 0 Å². The van der Waals surface area contributed by atoms with Gasteiger partial charge < -0.3 is 15.8 Å². The molecule has 100 valence electrons. The van der Waals surface area contributed by atoms with E-state index >= 15 is 0 Å². The number of hydrogen-bond donors (Lipinski definition) is 2. The van der Waals surface area contributed by atoms with Gasteiger partial charge in [-0.25, -0.2) is 9.78 Å². The molecular weight excluding hydrogens is 230 g/mol. The van der Waals surface area contributed by atoms with Crippen LogP contribution in [0, 0.1) is 0 Å². The average Bonchev–Trinajstić information content (AvgIpc) is 2.39. The number of nitrogens with zero attached hydrogens (tertiary/aromatic N) is 1. The molecule has 0 fully saturated rings. The number of hydrogen-bond acceptors (Lipinski definition) is 5. The van der Waals surface area contributed by atoms with Crippen molar-refractivity contribution in [2.24, 2.45) is 0 Å². The third kappa shape index (κ3) is 3.35. The number of carbonyl (C=O) groups is 1. The molecule has 0 aliphatic carbocycles. The maximum atomic E-state index is 11.5. The summed E-state index contributed by atoms with van der Waals surface area (Å²) >= 11 is 0. The number of carbonyl (C=O) groups excluding carboxylic acids is 1. The van der Waals surface area contributed by atoms with Crippen LogP contribution in [0.2, 0.25) is 0 Å². The van der Waals surface area contributed by atoms with Crippen molar-refractivity contribution < 1.29 is 9.53 Å². The van der Waals surface area contributed by atoms with Crippen molar-refractivity contribution in [3.05, 3.63) is 17.8 Å². The van der Waals surface area contributed by atoms with Gasteiger partial charge in [0, 0.05) is 12.2 Å². The Hall–Kier alpha value is -1.78. The van der Waals surface area contributed by atoms with E-state index in [4.69, 9.17) is 5.73 Å².